The summed E-state index contributed by atoms with van der Waals surface area (Å²) in [5, 5.41) is 10.6. The summed E-state index contributed by atoms with van der Waals surface area (Å²) in [6.07, 6.45) is 3.76. The molecule has 4 saturated carbocycles. The topological polar surface area (TPSA) is 72.8 Å². The van der Waals surface area contributed by atoms with Gasteiger partial charge in [0.05, 0.1) is 12.0 Å². The Morgan fingerprint density at radius 3 is 2.29 bits per heavy atom. The van der Waals surface area contributed by atoms with Crippen LogP contribution < -0.4 is 0 Å². The van der Waals surface area contributed by atoms with Crippen molar-refractivity contribution in [3.63, 3.8) is 0 Å². The van der Waals surface area contributed by atoms with Crippen molar-refractivity contribution >= 4 is 11.9 Å². The second-order valence-corrected chi connectivity index (χ2v) is 8.00. The molecule has 0 saturated heterocycles. The van der Waals surface area contributed by atoms with Crippen molar-refractivity contribution in [3.05, 3.63) is 0 Å². The molecule has 0 radical (unpaired) electrons. The molecule has 4 bridgehead atoms. The summed E-state index contributed by atoms with van der Waals surface area (Å²) in [6, 6.07) is 0. The third-order valence-electron chi connectivity index (χ3n) is 6.01. The first-order valence-corrected chi connectivity index (χ1v) is 8.51. The fourth-order valence-electron chi connectivity index (χ4n) is 4.96. The number of halogens is 2. The van der Waals surface area contributed by atoms with Crippen LogP contribution in [-0.2, 0) is 19.1 Å². The molecule has 0 aliphatic heterocycles. The van der Waals surface area contributed by atoms with Crippen LogP contribution in [0, 0.1) is 17.8 Å². The molecule has 24 heavy (non-hydrogen) atoms. The fraction of sp³-hybridized carbons (Fsp3) is 0.882. The first-order chi connectivity index (χ1) is 11.0. The van der Waals surface area contributed by atoms with Gasteiger partial charge >= 0.3 is 17.9 Å². The van der Waals surface area contributed by atoms with Gasteiger partial charge in [0.2, 0.25) is 0 Å². The predicted molar refractivity (Wildman–Crippen MR) is 79.2 cm³/mol. The van der Waals surface area contributed by atoms with E-state index >= 15 is 0 Å². The number of aliphatic hydroxyl groups is 1. The van der Waals surface area contributed by atoms with Crippen LogP contribution in [0.15, 0.2) is 0 Å². The lowest BCUT2D eigenvalue weighted by Crippen LogP contribution is -2.63. The molecule has 0 aromatic heterocycles. The van der Waals surface area contributed by atoms with Crippen LogP contribution in [0.2, 0.25) is 0 Å². The Kier molecular flexibility index (Phi) is 4.13. The van der Waals surface area contributed by atoms with Gasteiger partial charge in [-0.1, -0.05) is 0 Å². The third-order valence-corrected chi connectivity index (χ3v) is 6.01. The first-order valence-electron chi connectivity index (χ1n) is 8.51. The quantitative estimate of drug-likeness (QED) is 0.774. The van der Waals surface area contributed by atoms with Gasteiger partial charge in [-0.05, 0) is 44.9 Å². The van der Waals surface area contributed by atoms with E-state index in [0.717, 1.165) is 19.3 Å². The molecule has 4 aliphatic rings. The molecular weight excluding hydrogens is 322 g/mol. The maximum Gasteiger partial charge on any atom is 0.376 e. The van der Waals surface area contributed by atoms with Gasteiger partial charge in [0.15, 0.2) is 0 Å². The molecule has 1 N–H and O–H groups in total. The van der Waals surface area contributed by atoms with Crippen molar-refractivity contribution in [2.75, 3.05) is 6.61 Å². The standard InChI is InChI=1S/C17H24F2O5/c1-15(24-13(20)3-4-23-14(21)16(2,18)19)11-5-10-6-12(15)9-17(22,7-10)8-11/h10-12,22H,3-9H2,1-2H3. The smallest absolute Gasteiger partial charge is 0.376 e. The Morgan fingerprint density at radius 2 is 1.79 bits per heavy atom. The van der Waals surface area contributed by atoms with E-state index in [9.17, 15) is 23.5 Å². The van der Waals surface area contributed by atoms with E-state index in [2.05, 4.69) is 4.74 Å². The Morgan fingerprint density at radius 1 is 1.21 bits per heavy atom. The number of carbonyl (C=O) groups is 2. The maximum atomic E-state index is 12.7. The summed E-state index contributed by atoms with van der Waals surface area (Å²) in [6.45, 7) is 1.95. The van der Waals surface area contributed by atoms with Crippen LogP contribution in [0.25, 0.3) is 0 Å². The van der Waals surface area contributed by atoms with E-state index in [-0.39, 0.29) is 18.3 Å². The van der Waals surface area contributed by atoms with Gasteiger partial charge in [0, 0.05) is 18.8 Å². The molecule has 0 aromatic rings. The van der Waals surface area contributed by atoms with E-state index in [1.165, 1.54) is 0 Å². The highest BCUT2D eigenvalue weighted by Crippen LogP contribution is 2.60. The number of hydrogen-bond donors (Lipinski definition) is 1. The van der Waals surface area contributed by atoms with Crippen LogP contribution in [0.4, 0.5) is 8.78 Å². The fourth-order valence-corrected chi connectivity index (χ4v) is 4.96. The second kappa shape index (κ2) is 5.64. The third kappa shape index (κ3) is 3.15. The Labute approximate surface area is 139 Å². The number of rotatable bonds is 5. The lowest BCUT2D eigenvalue weighted by atomic mass is 9.48. The van der Waals surface area contributed by atoms with Crippen molar-refractivity contribution in [3.8, 4) is 0 Å². The van der Waals surface area contributed by atoms with Crippen molar-refractivity contribution < 1.29 is 33.0 Å². The predicted octanol–water partition coefficient (Wildman–Crippen LogP) is 2.45. The molecule has 7 heteroatoms. The zero-order valence-electron chi connectivity index (χ0n) is 14.0. The second-order valence-electron chi connectivity index (χ2n) is 8.00. The molecule has 0 heterocycles. The van der Waals surface area contributed by atoms with E-state index in [0.29, 0.717) is 25.7 Å². The van der Waals surface area contributed by atoms with Crippen LogP contribution in [0.3, 0.4) is 0 Å². The average molecular weight is 346 g/mol. The molecule has 0 aromatic carbocycles. The minimum atomic E-state index is -3.56. The van der Waals surface area contributed by atoms with Crippen LogP contribution in [0.5, 0.6) is 0 Å². The van der Waals surface area contributed by atoms with Crippen molar-refractivity contribution in [2.45, 2.75) is 69.5 Å². The minimum Gasteiger partial charge on any atom is -0.461 e. The number of hydrogen-bond acceptors (Lipinski definition) is 5. The van der Waals surface area contributed by atoms with Crippen LogP contribution >= 0.6 is 0 Å². The number of alkyl halides is 2. The normalized spacial score (nSPS) is 40.5. The van der Waals surface area contributed by atoms with Gasteiger partial charge in [-0.15, -0.1) is 0 Å². The maximum absolute atomic E-state index is 12.7. The molecule has 4 fully saturated rings. The summed E-state index contributed by atoms with van der Waals surface area (Å²) in [5.41, 5.74) is -1.25. The summed E-state index contributed by atoms with van der Waals surface area (Å²) in [4.78, 5) is 23.1. The van der Waals surface area contributed by atoms with Crippen molar-refractivity contribution in [2.24, 2.45) is 17.8 Å². The van der Waals surface area contributed by atoms with E-state index < -0.39 is 35.7 Å². The lowest BCUT2D eigenvalue weighted by Gasteiger charge is -2.61. The van der Waals surface area contributed by atoms with Crippen LogP contribution in [-0.4, -0.2) is 40.8 Å². The Bertz CT molecular complexity index is 526. The zero-order chi connectivity index (χ0) is 17.8. The van der Waals surface area contributed by atoms with Gasteiger partial charge in [0.1, 0.15) is 12.2 Å². The summed E-state index contributed by atoms with van der Waals surface area (Å²) >= 11 is 0. The summed E-state index contributed by atoms with van der Waals surface area (Å²) < 4.78 is 35.5. The molecule has 2 atom stereocenters. The van der Waals surface area contributed by atoms with Gasteiger partial charge in [-0.25, -0.2) is 4.79 Å². The summed E-state index contributed by atoms with van der Waals surface area (Å²) in [7, 11) is 0. The van der Waals surface area contributed by atoms with E-state index in [1.54, 1.807) is 0 Å². The number of ether oxygens (including phenoxy) is 2. The highest BCUT2D eigenvalue weighted by atomic mass is 19.3. The van der Waals surface area contributed by atoms with Gasteiger partial charge in [-0.2, -0.15) is 8.78 Å². The molecule has 136 valence electrons. The Hall–Kier alpha value is -1.24. The molecule has 4 rings (SSSR count). The van der Waals surface area contributed by atoms with Gasteiger partial charge in [0.25, 0.3) is 0 Å². The molecule has 2 unspecified atom stereocenters. The molecule has 0 spiro atoms. The SMILES string of the molecule is CC(F)(F)C(=O)OCCC(=O)OC1(C)C2CC3CC1CC(O)(C3)C2. The molecule has 4 aliphatic carbocycles. The number of carbonyl (C=O) groups excluding carboxylic acids is 2. The lowest BCUT2D eigenvalue weighted by molar-refractivity contribution is -0.235. The summed E-state index contributed by atoms with van der Waals surface area (Å²) in [5.74, 6) is -5.01. The zero-order valence-corrected chi connectivity index (χ0v) is 14.0. The minimum absolute atomic E-state index is 0.125. The monoisotopic (exact) mass is 346 g/mol. The highest BCUT2D eigenvalue weighted by Gasteiger charge is 2.61. The Balaban J connectivity index is 1.54. The molecule has 0 amide bonds. The van der Waals surface area contributed by atoms with E-state index in [1.807, 2.05) is 6.92 Å². The van der Waals surface area contributed by atoms with Crippen molar-refractivity contribution in [1.82, 2.24) is 0 Å². The highest BCUT2D eigenvalue weighted by molar-refractivity contribution is 5.77. The van der Waals surface area contributed by atoms with E-state index in [4.69, 9.17) is 4.74 Å². The number of esters is 2. The molecular formula is C17H24F2O5. The van der Waals surface area contributed by atoms with Gasteiger partial charge in [-0.3, -0.25) is 4.79 Å². The largest absolute Gasteiger partial charge is 0.461 e. The average Bonchev–Trinajstić information content (AvgIpc) is 2.42. The van der Waals surface area contributed by atoms with Gasteiger partial charge < -0.3 is 14.6 Å². The van der Waals surface area contributed by atoms with Crippen molar-refractivity contribution in [1.29, 1.82) is 0 Å². The molecule has 5 nitrogen and oxygen atoms in total. The first kappa shape index (κ1) is 17.6. The van der Waals surface area contributed by atoms with Crippen LogP contribution in [0.1, 0.15) is 52.4 Å².